The Morgan fingerprint density at radius 1 is 1.16 bits per heavy atom. The van der Waals surface area contributed by atoms with E-state index in [9.17, 15) is 9.59 Å². The first kappa shape index (κ1) is 14.9. The maximum Gasteiger partial charge on any atom is 0.243 e. The standard InChI is InChI=1S/C14H24N2O2S/c15-8-5-9-19-12-10-13(17)16(14(12)18)11-6-3-1-2-4-7-11/h11-12H,1-10,15H2. The molecule has 2 aliphatic rings. The molecule has 1 aliphatic carbocycles. The number of imide groups is 1. The van der Waals surface area contributed by atoms with Crippen molar-refractivity contribution < 1.29 is 9.59 Å². The Bertz CT molecular complexity index is 327. The maximum atomic E-state index is 12.4. The largest absolute Gasteiger partial charge is 0.330 e. The number of carbonyl (C=O) groups is 2. The minimum atomic E-state index is -0.151. The molecular weight excluding hydrogens is 260 g/mol. The van der Waals surface area contributed by atoms with Gasteiger partial charge in [0.1, 0.15) is 0 Å². The van der Waals surface area contributed by atoms with Crippen molar-refractivity contribution in [2.45, 2.75) is 62.7 Å². The lowest BCUT2D eigenvalue weighted by Crippen LogP contribution is -2.40. The van der Waals surface area contributed by atoms with E-state index in [1.165, 1.54) is 12.8 Å². The van der Waals surface area contributed by atoms with Gasteiger partial charge in [0, 0.05) is 12.5 Å². The van der Waals surface area contributed by atoms with E-state index in [0.29, 0.717) is 13.0 Å². The zero-order valence-corrected chi connectivity index (χ0v) is 12.3. The Balaban J connectivity index is 1.93. The van der Waals surface area contributed by atoms with Crippen molar-refractivity contribution in [3.63, 3.8) is 0 Å². The quantitative estimate of drug-likeness (QED) is 0.476. The third-order valence-electron chi connectivity index (χ3n) is 4.00. The fraction of sp³-hybridized carbons (Fsp3) is 0.857. The lowest BCUT2D eigenvalue weighted by atomic mass is 10.1. The van der Waals surface area contributed by atoms with Crippen LogP contribution in [0.5, 0.6) is 0 Å². The van der Waals surface area contributed by atoms with Crippen molar-refractivity contribution in [3.05, 3.63) is 0 Å². The van der Waals surface area contributed by atoms with E-state index in [2.05, 4.69) is 0 Å². The average Bonchev–Trinajstić information content (AvgIpc) is 2.61. The molecule has 2 amide bonds. The second-order valence-corrected chi connectivity index (χ2v) is 6.76. The highest BCUT2D eigenvalue weighted by Gasteiger charge is 2.42. The Kier molecular flexibility index (Phi) is 5.70. The zero-order valence-electron chi connectivity index (χ0n) is 11.5. The van der Waals surface area contributed by atoms with Gasteiger partial charge >= 0.3 is 0 Å². The van der Waals surface area contributed by atoms with E-state index in [1.807, 2.05) is 0 Å². The Labute approximate surface area is 119 Å². The van der Waals surface area contributed by atoms with Gasteiger partial charge in [-0.2, -0.15) is 0 Å². The summed E-state index contributed by atoms with van der Waals surface area (Å²) in [4.78, 5) is 26.1. The first-order valence-electron chi connectivity index (χ1n) is 7.41. The minimum absolute atomic E-state index is 0.0437. The minimum Gasteiger partial charge on any atom is -0.330 e. The average molecular weight is 284 g/mol. The van der Waals surface area contributed by atoms with Crippen LogP contribution in [0.2, 0.25) is 0 Å². The summed E-state index contributed by atoms with van der Waals surface area (Å²) in [5.41, 5.74) is 5.46. The molecule has 19 heavy (non-hydrogen) atoms. The summed E-state index contributed by atoms with van der Waals surface area (Å²) in [7, 11) is 0. The molecule has 0 spiro atoms. The van der Waals surface area contributed by atoms with Crippen molar-refractivity contribution in [2.75, 3.05) is 12.3 Å². The number of nitrogens with two attached hydrogens (primary N) is 1. The van der Waals surface area contributed by atoms with Crippen LogP contribution in [-0.4, -0.2) is 40.3 Å². The molecule has 2 fully saturated rings. The Morgan fingerprint density at radius 3 is 2.47 bits per heavy atom. The van der Waals surface area contributed by atoms with E-state index in [0.717, 1.165) is 37.9 Å². The van der Waals surface area contributed by atoms with Crippen LogP contribution in [0.25, 0.3) is 0 Å². The summed E-state index contributed by atoms with van der Waals surface area (Å²) >= 11 is 1.60. The van der Waals surface area contributed by atoms with Gasteiger partial charge in [0.15, 0.2) is 0 Å². The summed E-state index contributed by atoms with van der Waals surface area (Å²) in [6, 6.07) is 0.169. The molecule has 0 radical (unpaired) electrons. The number of thioether (sulfide) groups is 1. The van der Waals surface area contributed by atoms with Crippen LogP contribution < -0.4 is 5.73 Å². The fourth-order valence-corrected chi connectivity index (χ4v) is 4.10. The van der Waals surface area contributed by atoms with Crippen LogP contribution in [0.3, 0.4) is 0 Å². The Hall–Kier alpha value is -0.550. The summed E-state index contributed by atoms with van der Waals surface area (Å²) in [6.45, 7) is 0.647. The molecule has 1 saturated heterocycles. The van der Waals surface area contributed by atoms with Crippen molar-refractivity contribution in [1.29, 1.82) is 0 Å². The first-order valence-corrected chi connectivity index (χ1v) is 8.46. The molecule has 108 valence electrons. The molecular formula is C14H24N2O2S. The molecule has 0 bridgehead atoms. The van der Waals surface area contributed by atoms with Crippen molar-refractivity contribution >= 4 is 23.6 Å². The molecule has 0 aromatic carbocycles. The molecule has 1 unspecified atom stereocenters. The van der Waals surface area contributed by atoms with Gasteiger partial charge in [-0.05, 0) is 31.6 Å². The molecule has 2 N–H and O–H groups in total. The smallest absolute Gasteiger partial charge is 0.243 e. The zero-order chi connectivity index (χ0) is 13.7. The van der Waals surface area contributed by atoms with Gasteiger partial charge in [0.2, 0.25) is 11.8 Å². The van der Waals surface area contributed by atoms with Gasteiger partial charge in [-0.15, -0.1) is 11.8 Å². The molecule has 1 saturated carbocycles. The predicted octanol–water partition coefficient (Wildman–Crippen LogP) is 1.92. The van der Waals surface area contributed by atoms with Crippen LogP contribution >= 0.6 is 11.8 Å². The fourth-order valence-electron chi connectivity index (χ4n) is 2.96. The van der Waals surface area contributed by atoms with E-state index in [4.69, 9.17) is 5.73 Å². The highest BCUT2D eigenvalue weighted by Crippen LogP contribution is 2.31. The second-order valence-electron chi connectivity index (χ2n) is 5.45. The molecule has 4 nitrogen and oxygen atoms in total. The molecule has 0 aromatic rings. The number of hydrogen-bond acceptors (Lipinski definition) is 4. The first-order chi connectivity index (χ1) is 9.24. The SMILES string of the molecule is NCCCSC1CC(=O)N(C2CCCCCC2)C1=O. The highest BCUT2D eigenvalue weighted by atomic mass is 32.2. The van der Waals surface area contributed by atoms with Crippen LogP contribution in [0.1, 0.15) is 51.4 Å². The number of carbonyl (C=O) groups excluding carboxylic acids is 2. The molecule has 1 heterocycles. The van der Waals surface area contributed by atoms with Crippen LogP contribution in [0.15, 0.2) is 0 Å². The van der Waals surface area contributed by atoms with Gasteiger partial charge < -0.3 is 5.73 Å². The summed E-state index contributed by atoms with van der Waals surface area (Å²) in [5.74, 6) is 0.972. The van der Waals surface area contributed by atoms with Crippen LogP contribution in [0, 0.1) is 0 Å². The van der Waals surface area contributed by atoms with Crippen LogP contribution in [-0.2, 0) is 9.59 Å². The number of amides is 2. The number of likely N-dealkylation sites (tertiary alicyclic amines) is 1. The topological polar surface area (TPSA) is 63.4 Å². The molecule has 1 atom stereocenters. The number of nitrogens with zero attached hydrogens (tertiary/aromatic N) is 1. The van der Waals surface area contributed by atoms with Gasteiger partial charge in [-0.1, -0.05) is 25.7 Å². The summed E-state index contributed by atoms with van der Waals surface area (Å²) in [5, 5.41) is -0.151. The van der Waals surface area contributed by atoms with Crippen molar-refractivity contribution in [3.8, 4) is 0 Å². The van der Waals surface area contributed by atoms with Crippen LogP contribution in [0.4, 0.5) is 0 Å². The molecule has 1 aliphatic heterocycles. The number of hydrogen-bond donors (Lipinski definition) is 1. The third-order valence-corrected chi connectivity index (χ3v) is 5.29. The van der Waals surface area contributed by atoms with Gasteiger partial charge in [0.05, 0.1) is 5.25 Å². The van der Waals surface area contributed by atoms with E-state index in [1.54, 1.807) is 16.7 Å². The van der Waals surface area contributed by atoms with E-state index in [-0.39, 0.29) is 23.1 Å². The van der Waals surface area contributed by atoms with Gasteiger partial charge in [-0.25, -0.2) is 0 Å². The number of rotatable bonds is 5. The highest BCUT2D eigenvalue weighted by molar-refractivity contribution is 8.00. The van der Waals surface area contributed by atoms with E-state index < -0.39 is 0 Å². The predicted molar refractivity (Wildman–Crippen MR) is 77.9 cm³/mol. The maximum absolute atomic E-state index is 12.4. The molecule has 0 aromatic heterocycles. The lowest BCUT2D eigenvalue weighted by Gasteiger charge is -2.25. The monoisotopic (exact) mass is 284 g/mol. The Morgan fingerprint density at radius 2 is 1.84 bits per heavy atom. The molecule has 5 heteroatoms. The van der Waals surface area contributed by atoms with Crippen molar-refractivity contribution in [1.82, 2.24) is 4.90 Å². The second kappa shape index (κ2) is 7.29. The third kappa shape index (κ3) is 3.72. The normalized spacial score (nSPS) is 25.9. The van der Waals surface area contributed by atoms with Crippen molar-refractivity contribution in [2.24, 2.45) is 5.73 Å². The van der Waals surface area contributed by atoms with E-state index >= 15 is 0 Å². The van der Waals surface area contributed by atoms with Gasteiger partial charge in [-0.3, -0.25) is 14.5 Å². The lowest BCUT2D eigenvalue weighted by molar-refractivity contribution is -0.141. The van der Waals surface area contributed by atoms with Gasteiger partial charge in [0.25, 0.3) is 0 Å². The molecule has 2 rings (SSSR count). The summed E-state index contributed by atoms with van der Waals surface area (Å²) in [6.07, 6.45) is 8.06. The summed E-state index contributed by atoms with van der Waals surface area (Å²) < 4.78 is 0.